The van der Waals surface area contributed by atoms with Crippen molar-refractivity contribution in [1.82, 2.24) is 0 Å². The van der Waals surface area contributed by atoms with Crippen molar-refractivity contribution >= 4 is 0 Å². The van der Waals surface area contributed by atoms with Crippen LogP contribution in [0.15, 0.2) is 30.3 Å². The predicted octanol–water partition coefficient (Wildman–Crippen LogP) is 0.688. The van der Waals surface area contributed by atoms with Crippen molar-refractivity contribution in [3.8, 4) is 0 Å². The average Bonchev–Trinajstić information content (AvgIpc) is 2.58. The number of aliphatic hydroxyl groups excluding tert-OH is 2. The number of hydrogen-bond donors (Lipinski definition) is 2. The summed E-state index contributed by atoms with van der Waals surface area (Å²) in [6.45, 7) is -0.354. The lowest BCUT2D eigenvalue weighted by molar-refractivity contribution is -0.0215. The molecule has 4 heteroatoms. The molecule has 0 bridgehead atoms. The largest absolute Gasteiger partial charge is 0.394 e. The van der Waals surface area contributed by atoms with E-state index in [0.717, 1.165) is 5.56 Å². The van der Waals surface area contributed by atoms with Gasteiger partial charge < -0.3 is 14.9 Å². The third-order valence-corrected chi connectivity index (χ3v) is 2.87. The summed E-state index contributed by atoms with van der Waals surface area (Å²) in [5.74, 6) is 0. The maximum Gasteiger partial charge on any atom is 0.155 e. The molecular formula is C12H15FO3. The summed E-state index contributed by atoms with van der Waals surface area (Å²) in [7, 11) is 0. The van der Waals surface area contributed by atoms with E-state index in [2.05, 4.69) is 0 Å². The van der Waals surface area contributed by atoms with Gasteiger partial charge in [-0.15, -0.1) is 0 Å². The first-order valence-corrected chi connectivity index (χ1v) is 5.34. The second-order valence-electron chi connectivity index (χ2n) is 4.02. The molecule has 88 valence electrons. The third kappa shape index (κ3) is 2.24. The van der Waals surface area contributed by atoms with Crippen molar-refractivity contribution in [2.75, 3.05) is 6.61 Å². The van der Waals surface area contributed by atoms with Gasteiger partial charge in [-0.2, -0.15) is 0 Å². The second-order valence-corrected chi connectivity index (χ2v) is 4.02. The first-order chi connectivity index (χ1) is 7.72. The molecule has 1 heterocycles. The van der Waals surface area contributed by atoms with Crippen LogP contribution in [-0.4, -0.2) is 41.3 Å². The quantitative estimate of drug-likeness (QED) is 0.797. The van der Waals surface area contributed by atoms with Crippen LogP contribution < -0.4 is 0 Å². The maximum atomic E-state index is 13.6. The molecule has 0 saturated carbocycles. The van der Waals surface area contributed by atoms with Crippen LogP contribution in [-0.2, 0) is 11.2 Å². The Morgan fingerprint density at radius 3 is 2.44 bits per heavy atom. The Hall–Kier alpha value is -0.970. The van der Waals surface area contributed by atoms with Crippen LogP contribution >= 0.6 is 0 Å². The van der Waals surface area contributed by atoms with Gasteiger partial charge in [0, 0.05) is 6.42 Å². The number of aliphatic hydroxyl groups is 2. The zero-order chi connectivity index (χ0) is 11.5. The van der Waals surface area contributed by atoms with Gasteiger partial charge in [-0.1, -0.05) is 30.3 Å². The van der Waals surface area contributed by atoms with Gasteiger partial charge in [0.2, 0.25) is 0 Å². The topological polar surface area (TPSA) is 49.7 Å². The fraction of sp³-hybridized carbons (Fsp3) is 0.500. The molecule has 0 spiro atoms. The highest BCUT2D eigenvalue weighted by Gasteiger charge is 2.43. The number of alkyl halides is 1. The van der Waals surface area contributed by atoms with E-state index in [1.807, 2.05) is 30.3 Å². The zero-order valence-corrected chi connectivity index (χ0v) is 8.79. The molecule has 0 radical (unpaired) electrons. The standard InChI is InChI=1S/C12H15FO3/c13-11-9(16-10(7-14)12(11)15)6-8-4-2-1-3-5-8/h1-5,9-12,14-15H,6-7H2. The summed E-state index contributed by atoms with van der Waals surface area (Å²) in [6.07, 6.45) is -3.72. The van der Waals surface area contributed by atoms with Gasteiger partial charge in [0.05, 0.1) is 12.7 Å². The van der Waals surface area contributed by atoms with Crippen LogP contribution in [0.5, 0.6) is 0 Å². The van der Waals surface area contributed by atoms with E-state index in [1.165, 1.54) is 0 Å². The molecule has 1 saturated heterocycles. The number of rotatable bonds is 3. The molecule has 2 rings (SSSR count). The Labute approximate surface area is 93.5 Å². The van der Waals surface area contributed by atoms with Gasteiger partial charge in [-0.25, -0.2) is 4.39 Å². The van der Waals surface area contributed by atoms with E-state index in [0.29, 0.717) is 6.42 Å². The summed E-state index contributed by atoms with van der Waals surface area (Å²) < 4.78 is 18.9. The Morgan fingerprint density at radius 1 is 1.19 bits per heavy atom. The Bertz CT molecular complexity index is 330. The fourth-order valence-electron chi connectivity index (χ4n) is 1.96. The van der Waals surface area contributed by atoms with Crippen LogP contribution in [0.4, 0.5) is 4.39 Å². The van der Waals surface area contributed by atoms with E-state index < -0.39 is 24.5 Å². The van der Waals surface area contributed by atoms with E-state index in [9.17, 15) is 9.50 Å². The van der Waals surface area contributed by atoms with Gasteiger partial charge >= 0.3 is 0 Å². The Balaban J connectivity index is 2.01. The molecule has 1 aliphatic rings. The highest BCUT2D eigenvalue weighted by molar-refractivity contribution is 5.16. The summed E-state index contributed by atoms with van der Waals surface area (Å²) in [6, 6.07) is 9.40. The Kier molecular flexibility index (Phi) is 3.53. The molecule has 0 aliphatic carbocycles. The van der Waals surface area contributed by atoms with Gasteiger partial charge in [0.1, 0.15) is 12.2 Å². The van der Waals surface area contributed by atoms with Gasteiger partial charge in [0.25, 0.3) is 0 Å². The summed E-state index contributed by atoms with van der Waals surface area (Å²) >= 11 is 0. The second kappa shape index (κ2) is 4.91. The van der Waals surface area contributed by atoms with Crippen molar-refractivity contribution in [3.63, 3.8) is 0 Å². The molecule has 3 nitrogen and oxygen atoms in total. The first kappa shape index (κ1) is 11.5. The minimum Gasteiger partial charge on any atom is -0.394 e. The predicted molar refractivity (Wildman–Crippen MR) is 56.8 cm³/mol. The zero-order valence-electron chi connectivity index (χ0n) is 8.79. The number of hydrogen-bond acceptors (Lipinski definition) is 3. The number of ether oxygens (including phenoxy) is 1. The summed E-state index contributed by atoms with van der Waals surface area (Å²) in [5, 5.41) is 18.3. The minimum atomic E-state index is -1.43. The molecule has 0 amide bonds. The molecule has 4 atom stereocenters. The SMILES string of the molecule is OCC1OC(Cc2ccccc2)C(F)C1O. The molecule has 1 fully saturated rings. The van der Waals surface area contributed by atoms with Gasteiger partial charge in [-0.3, -0.25) is 0 Å². The van der Waals surface area contributed by atoms with Crippen LogP contribution in [0.3, 0.4) is 0 Å². The summed E-state index contributed by atoms with van der Waals surface area (Å²) in [5.41, 5.74) is 0.959. The highest BCUT2D eigenvalue weighted by atomic mass is 19.1. The molecule has 4 unspecified atom stereocenters. The normalized spacial score (nSPS) is 34.2. The van der Waals surface area contributed by atoms with E-state index >= 15 is 0 Å². The van der Waals surface area contributed by atoms with Crippen LogP contribution in [0.25, 0.3) is 0 Å². The molecular weight excluding hydrogens is 211 g/mol. The third-order valence-electron chi connectivity index (χ3n) is 2.87. The van der Waals surface area contributed by atoms with Crippen LogP contribution in [0.2, 0.25) is 0 Å². The summed E-state index contributed by atoms with van der Waals surface area (Å²) in [4.78, 5) is 0. The number of halogens is 1. The van der Waals surface area contributed by atoms with Crippen molar-refractivity contribution in [2.45, 2.75) is 30.9 Å². The van der Waals surface area contributed by atoms with Crippen molar-refractivity contribution in [3.05, 3.63) is 35.9 Å². The van der Waals surface area contributed by atoms with E-state index in [1.54, 1.807) is 0 Å². The highest BCUT2D eigenvalue weighted by Crippen LogP contribution is 2.26. The van der Waals surface area contributed by atoms with Gasteiger partial charge in [-0.05, 0) is 5.56 Å². The minimum absolute atomic E-state index is 0.354. The molecule has 0 aromatic heterocycles. The molecule has 1 aromatic carbocycles. The van der Waals surface area contributed by atoms with E-state index in [-0.39, 0.29) is 6.61 Å². The lowest BCUT2D eigenvalue weighted by Gasteiger charge is -2.12. The molecule has 16 heavy (non-hydrogen) atoms. The van der Waals surface area contributed by atoms with Gasteiger partial charge in [0.15, 0.2) is 6.17 Å². The van der Waals surface area contributed by atoms with Crippen LogP contribution in [0.1, 0.15) is 5.56 Å². The molecule has 1 aromatic rings. The molecule has 2 N–H and O–H groups in total. The maximum absolute atomic E-state index is 13.6. The van der Waals surface area contributed by atoms with Crippen LogP contribution in [0, 0.1) is 0 Å². The number of benzene rings is 1. The molecule has 1 aliphatic heterocycles. The lowest BCUT2D eigenvalue weighted by Crippen LogP contribution is -2.31. The lowest BCUT2D eigenvalue weighted by atomic mass is 10.0. The van der Waals surface area contributed by atoms with Crippen molar-refractivity contribution < 1.29 is 19.3 Å². The Morgan fingerprint density at radius 2 is 1.88 bits per heavy atom. The monoisotopic (exact) mass is 226 g/mol. The van der Waals surface area contributed by atoms with Crippen molar-refractivity contribution in [1.29, 1.82) is 0 Å². The smallest absolute Gasteiger partial charge is 0.155 e. The first-order valence-electron chi connectivity index (χ1n) is 5.34. The van der Waals surface area contributed by atoms with E-state index in [4.69, 9.17) is 9.84 Å². The fourth-order valence-corrected chi connectivity index (χ4v) is 1.96. The average molecular weight is 226 g/mol. The van der Waals surface area contributed by atoms with Crippen molar-refractivity contribution in [2.24, 2.45) is 0 Å².